The molecule has 1 aromatic carbocycles. The Balaban J connectivity index is 2.22. The molecule has 1 N–H and O–H groups in total. The minimum Gasteiger partial charge on any atom is -0.372 e. The second-order valence-electron chi connectivity index (χ2n) is 4.63. The maximum Gasteiger partial charge on any atom is 0.132 e. The summed E-state index contributed by atoms with van der Waals surface area (Å²) in [5, 5.41) is 3.24. The molecule has 17 heavy (non-hydrogen) atoms. The van der Waals surface area contributed by atoms with Gasteiger partial charge in [-0.05, 0) is 25.0 Å². The fraction of sp³-hybridized carbons (Fsp3) is 0.538. The first-order valence-corrected chi connectivity index (χ1v) is 5.88. The third-order valence-electron chi connectivity index (χ3n) is 3.36. The Morgan fingerprint density at radius 1 is 1.24 bits per heavy atom. The lowest BCUT2D eigenvalue weighted by atomic mass is 10.1. The number of halogens is 2. The predicted octanol–water partition coefficient (Wildman–Crippen LogP) is 2.65. The molecule has 1 aliphatic heterocycles. The summed E-state index contributed by atoms with van der Waals surface area (Å²) in [4.78, 5) is 0. The van der Waals surface area contributed by atoms with E-state index in [0.717, 1.165) is 0 Å². The van der Waals surface area contributed by atoms with Crippen molar-refractivity contribution in [2.75, 3.05) is 13.2 Å². The van der Waals surface area contributed by atoms with E-state index in [0.29, 0.717) is 19.1 Å². The van der Waals surface area contributed by atoms with E-state index in [2.05, 4.69) is 12.2 Å². The lowest BCUT2D eigenvalue weighted by Crippen LogP contribution is -2.32. The van der Waals surface area contributed by atoms with Crippen molar-refractivity contribution in [2.45, 2.75) is 26.0 Å². The molecule has 1 heterocycles. The van der Waals surface area contributed by atoms with Gasteiger partial charge < -0.3 is 10.1 Å². The van der Waals surface area contributed by atoms with Crippen LogP contribution in [0.4, 0.5) is 8.78 Å². The maximum atomic E-state index is 13.6. The third kappa shape index (κ3) is 2.64. The first-order valence-electron chi connectivity index (χ1n) is 5.88. The zero-order valence-corrected chi connectivity index (χ0v) is 10.0. The van der Waals surface area contributed by atoms with E-state index < -0.39 is 17.7 Å². The molecule has 1 fully saturated rings. The molecule has 94 valence electrons. The van der Waals surface area contributed by atoms with E-state index >= 15 is 0 Å². The summed E-state index contributed by atoms with van der Waals surface area (Å²) in [5.41, 5.74) is 0.0290. The number of ether oxygens (including phenoxy) is 1. The van der Waals surface area contributed by atoms with Crippen LogP contribution in [0.1, 0.15) is 25.5 Å². The van der Waals surface area contributed by atoms with Crippen molar-refractivity contribution in [1.82, 2.24) is 5.32 Å². The number of hydrogen-bond acceptors (Lipinski definition) is 2. The molecule has 0 aliphatic carbocycles. The van der Waals surface area contributed by atoms with Crippen LogP contribution in [0.2, 0.25) is 0 Å². The maximum absolute atomic E-state index is 13.6. The first-order chi connectivity index (χ1) is 8.09. The number of benzene rings is 1. The topological polar surface area (TPSA) is 21.3 Å². The summed E-state index contributed by atoms with van der Waals surface area (Å²) >= 11 is 0. The molecule has 0 spiro atoms. The summed E-state index contributed by atoms with van der Waals surface area (Å²) in [6.07, 6.45) is -0.552. The summed E-state index contributed by atoms with van der Waals surface area (Å²) in [7, 11) is 0. The van der Waals surface area contributed by atoms with Gasteiger partial charge in [0.15, 0.2) is 0 Å². The SMILES string of the molecule is CC1COC(c2c(F)cccc2F)CNC1C. The van der Waals surface area contributed by atoms with Gasteiger partial charge in [-0.2, -0.15) is 0 Å². The minimum absolute atomic E-state index is 0.0290. The highest BCUT2D eigenvalue weighted by Gasteiger charge is 2.26. The van der Waals surface area contributed by atoms with Gasteiger partial charge in [0.05, 0.1) is 12.2 Å². The van der Waals surface area contributed by atoms with Crippen LogP contribution >= 0.6 is 0 Å². The molecule has 1 aromatic rings. The summed E-state index contributed by atoms with van der Waals surface area (Å²) in [6, 6.07) is 4.18. The van der Waals surface area contributed by atoms with E-state index in [1.54, 1.807) is 0 Å². The van der Waals surface area contributed by atoms with E-state index in [9.17, 15) is 8.78 Å². The lowest BCUT2D eigenvalue weighted by molar-refractivity contribution is 0.0451. The summed E-state index contributed by atoms with van der Waals surface area (Å²) < 4.78 is 32.8. The smallest absolute Gasteiger partial charge is 0.132 e. The van der Waals surface area contributed by atoms with Crippen molar-refractivity contribution in [3.8, 4) is 0 Å². The summed E-state index contributed by atoms with van der Waals surface area (Å²) in [6.45, 7) is 5.04. The second kappa shape index (κ2) is 5.10. The van der Waals surface area contributed by atoms with E-state index in [1.165, 1.54) is 18.2 Å². The van der Waals surface area contributed by atoms with Gasteiger partial charge in [0.1, 0.15) is 17.7 Å². The van der Waals surface area contributed by atoms with Crippen LogP contribution in [-0.4, -0.2) is 19.2 Å². The Morgan fingerprint density at radius 2 is 1.88 bits per heavy atom. The van der Waals surface area contributed by atoms with E-state index in [-0.39, 0.29) is 11.6 Å². The largest absolute Gasteiger partial charge is 0.372 e. The van der Waals surface area contributed by atoms with Gasteiger partial charge in [0.2, 0.25) is 0 Å². The first kappa shape index (κ1) is 12.5. The lowest BCUT2D eigenvalue weighted by Gasteiger charge is -2.17. The number of rotatable bonds is 1. The van der Waals surface area contributed by atoms with Gasteiger partial charge >= 0.3 is 0 Å². The van der Waals surface area contributed by atoms with Crippen LogP contribution in [-0.2, 0) is 4.74 Å². The highest BCUT2D eigenvalue weighted by molar-refractivity contribution is 5.22. The molecule has 2 nitrogen and oxygen atoms in total. The molecule has 0 amide bonds. The molecule has 1 saturated heterocycles. The van der Waals surface area contributed by atoms with Gasteiger partial charge in [-0.25, -0.2) is 8.78 Å². The molecular formula is C13H17F2NO. The molecular weight excluding hydrogens is 224 g/mol. The number of nitrogens with one attached hydrogen (secondary N) is 1. The van der Waals surface area contributed by atoms with Crippen LogP contribution in [0, 0.1) is 17.6 Å². The third-order valence-corrected chi connectivity index (χ3v) is 3.36. The van der Waals surface area contributed by atoms with Crippen LogP contribution in [0.3, 0.4) is 0 Å². The molecule has 1 aliphatic rings. The van der Waals surface area contributed by atoms with Crippen molar-refractivity contribution in [3.63, 3.8) is 0 Å². The second-order valence-corrected chi connectivity index (χ2v) is 4.63. The van der Waals surface area contributed by atoms with E-state index in [1.807, 2.05) is 6.92 Å². The molecule has 4 heteroatoms. The Labute approximate surface area is 100.0 Å². The van der Waals surface area contributed by atoms with Crippen LogP contribution in [0.15, 0.2) is 18.2 Å². The van der Waals surface area contributed by atoms with Gasteiger partial charge in [0, 0.05) is 12.6 Å². The van der Waals surface area contributed by atoms with Crippen LogP contribution < -0.4 is 5.32 Å². The number of hydrogen-bond donors (Lipinski definition) is 1. The Hall–Kier alpha value is -1.00. The van der Waals surface area contributed by atoms with E-state index in [4.69, 9.17) is 4.74 Å². The monoisotopic (exact) mass is 241 g/mol. The minimum atomic E-state index is -0.552. The average Bonchev–Trinajstić information content (AvgIpc) is 2.44. The molecule has 3 atom stereocenters. The van der Waals surface area contributed by atoms with Crippen LogP contribution in [0.25, 0.3) is 0 Å². The predicted molar refractivity (Wildman–Crippen MR) is 61.7 cm³/mol. The molecule has 3 unspecified atom stereocenters. The van der Waals surface area contributed by atoms with Crippen molar-refractivity contribution in [3.05, 3.63) is 35.4 Å². The zero-order chi connectivity index (χ0) is 12.4. The van der Waals surface area contributed by atoms with Gasteiger partial charge in [-0.15, -0.1) is 0 Å². The normalized spacial score (nSPS) is 30.0. The summed E-state index contributed by atoms with van der Waals surface area (Å²) in [5.74, 6) is -0.757. The molecule has 2 rings (SSSR count). The highest BCUT2D eigenvalue weighted by Crippen LogP contribution is 2.26. The quantitative estimate of drug-likeness (QED) is 0.816. The van der Waals surface area contributed by atoms with Crippen LogP contribution in [0.5, 0.6) is 0 Å². The molecule has 0 bridgehead atoms. The van der Waals surface area contributed by atoms with Crippen molar-refractivity contribution in [2.24, 2.45) is 5.92 Å². The van der Waals surface area contributed by atoms with Gasteiger partial charge in [-0.1, -0.05) is 13.0 Å². The fourth-order valence-electron chi connectivity index (χ4n) is 1.97. The van der Waals surface area contributed by atoms with Crippen molar-refractivity contribution in [1.29, 1.82) is 0 Å². The average molecular weight is 241 g/mol. The Bertz CT molecular complexity index is 365. The van der Waals surface area contributed by atoms with Crippen molar-refractivity contribution >= 4 is 0 Å². The molecule has 0 saturated carbocycles. The zero-order valence-electron chi connectivity index (χ0n) is 10.0. The van der Waals surface area contributed by atoms with Gasteiger partial charge in [0.25, 0.3) is 0 Å². The Kier molecular flexibility index (Phi) is 3.74. The van der Waals surface area contributed by atoms with Gasteiger partial charge in [-0.3, -0.25) is 0 Å². The van der Waals surface area contributed by atoms with Crippen molar-refractivity contribution < 1.29 is 13.5 Å². The highest BCUT2D eigenvalue weighted by atomic mass is 19.1. The Morgan fingerprint density at radius 3 is 2.53 bits per heavy atom. The standard InChI is InChI=1S/C13H17F2NO/c1-8-7-17-12(6-16-9(8)2)13-10(14)4-3-5-11(13)15/h3-5,8-9,12,16H,6-7H2,1-2H3. The fourth-order valence-corrected chi connectivity index (χ4v) is 1.97. The molecule has 0 aromatic heterocycles. The molecule has 0 radical (unpaired) electrons.